The lowest BCUT2D eigenvalue weighted by Crippen LogP contribution is -2.01. The molecule has 5 nitrogen and oxygen atoms in total. The van der Waals surface area contributed by atoms with Crippen LogP contribution < -0.4 is 9.47 Å². The van der Waals surface area contributed by atoms with E-state index in [-0.39, 0.29) is 5.69 Å². The molecule has 0 spiro atoms. The molecule has 1 aliphatic heterocycles. The molecular formula is C14H13NO4S. The zero-order valence-electron chi connectivity index (χ0n) is 11.1. The van der Waals surface area contributed by atoms with E-state index in [1.807, 2.05) is 12.3 Å². The first kappa shape index (κ1) is 12.9. The van der Waals surface area contributed by atoms with Crippen LogP contribution in [0.15, 0.2) is 17.5 Å². The van der Waals surface area contributed by atoms with Crippen LogP contribution in [0.4, 0.5) is 5.69 Å². The van der Waals surface area contributed by atoms with Crippen LogP contribution in [-0.4, -0.2) is 18.6 Å². The molecule has 2 aromatic rings. The molecule has 6 heteroatoms. The van der Waals surface area contributed by atoms with Gasteiger partial charge in [-0.3, -0.25) is 10.1 Å². The van der Waals surface area contributed by atoms with Crippen molar-refractivity contribution in [1.29, 1.82) is 0 Å². The van der Waals surface area contributed by atoms with Crippen molar-refractivity contribution in [3.63, 3.8) is 0 Å². The molecule has 1 aromatic heterocycles. The summed E-state index contributed by atoms with van der Waals surface area (Å²) in [5.74, 6) is 1.13. The summed E-state index contributed by atoms with van der Waals surface area (Å²) in [6.07, 6.45) is 0.711. The van der Waals surface area contributed by atoms with E-state index >= 15 is 0 Å². The number of aryl methyl sites for hydroxylation is 1. The summed E-state index contributed by atoms with van der Waals surface area (Å²) in [5, 5.41) is 13.1. The highest BCUT2D eigenvalue weighted by atomic mass is 32.1. The van der Waals surface area contributed by atoms with Gasteiger partial charge in [-0.2, -0.15) is 0 Å². The fraction of sp³-hybridized carbons (Fsp3) is 0.286. The van der Waals surface area contributed by atoms with E-state index in [1.54, 1.807) is 17.4 Å². The molecule has 20 heavy (non-hydrogen) atoms. The molecule has 0 atom stereocenters. The average molecular weight is 291 g/mol. The van der Waals surface area contributed by atoms with Crippen LogP contribution in [0.5, 0.6) is 11.5 Å². The Hall–Kier alpha value is -2.08. The largest absolute Gasteiger partial charge is 0.491 e. The van der Waals surface area contributed by atoms with Gasteiger partial charge < -0.3 is 9.47 Å². The zero-order chi connectivity index (χ0) is 14.3. The van der Waals surface area contributed by atoms with E-state index in [9.17, 15) is 10.1 Å². The summed E-state index contributed by atoms with van der Waals surface area (Å²) >= 11 is 1.58. The SMILES string of the molecule is COc1c([N+](=O)[O-])ccc2c1-c1csc(C)c1OCC2. The summed E-state index contributed by atoms with van der Waals surface area (Å²) in [4.78, 5) is 11.8. The predicted octanol–water partition coefficient (Wildman–Crippen LogP) is 3.58. The van der Waals surface area contributed by atoms with E-state index in [0.717, 1.165) is 27.3 Å². The van der Waals surface area contributed by atoms with Gasteiger partial charge in [0.1, 0.15) is 5.75 Å². The average Bonchev–Trinajstić information content (AvgIpc) is 2.69. The highest BCUT2D eigenvalue weighted by Gasteiger charge is 2.27. The molecule has 2 heterocycles. The number of nitro benzene ring substituents is 1. The summed E-state index contributed by atoms with van der Waals surface area (Å²) < 4.78 is 11.1. The molecule has 104 valence electrons. The summed E-state index contributed by atoms with van der Waals surface area (Å²) in [6, 6.07) is 3.29. The maximum Gasteiger partial charge on any atom is 0.311 e. The number of thiophene rings is 1. The molecule has 0 unspecified atom stereocenters. The number of ether oxygens (including phenoxy) is 2. The Bertz CT molecular complexity index is 693. The number of benzene rings is 1. The first-order valence-electron chi connectivity index (χ1n) is 6.19. The van der Waals surface area contributed by atoms with Crippen molar-refractivity contribution in [2.45, 2.75) is 13.3 Å². The molecule has 3 rings (SSSR count). The third-order valence-electron chi connectivity index (χ3n) is 3.43. The van der Waals surface area contributed by atoms with Crippen LogP contribution in [0.2, 0.25) is 0 Å². The van der Waals surface area contributed by atoms with Gasteiger partial charge in [0.2, 0.25) is 5.75 Å². The standard InChI is InChI=1S/C14H13NO4S/c1-8-13-10(7-20-8)12-9(5-6-19-13)3-4-11(15(16)17)14(12)18-2/h3-4,7H,5-6H2,1-2H3. The minimum Gasteiger partial charge on any atom is -0.491 e. The van der Waals surface area contributed by atoms with E-state index in [2.05, 4.69) is 0 Å². The Morgan fingerprint density at radius 2 is 2.25 bits per heavy atom. The van der Waals surface area contributed by atoms with Crippen LogP contribution in [0, 0.1) is 17.0 Å². The minimum atomic E-state index is -0.413. The van der Waals surface area contributed by atoms with Gasteiger partial charge in [0.25, 0.3) is 0 Å². The first-order valence-corrected chi connectivity index (χ1v) is 7.07. The molecule has 0 bridgehead atoms. The lowest BCUT2D eigenvalue weighted by Gasteiger charge is -2.11. The van der Waals surface area contributed by atoms with Gasteiger partial charge in [0.05, 0.1) is 18.6 Å². The lowest BCUT2D eigenvalue weighted by atomic mass is 9.98. The van der Waals surface area contributed by atoms with Gasteiger partial charge in [0, 0.05) is 33.9 Å². The summed E-state index contributed by atoms with van der Waals surface area (Å²) in [6.45, 7) is 2.55. The molecule has 0 amide bonds. The Kier molecular flexibility index (Phi) is 3.10. The Morgan fingerprint density at radius 1 is 1.45 bits per heavy atom. The highest BCUT2D eigenvalue weighted by molar-refractivity contribution is 7.10. The number of methoxy groups -OCH3 is 1. The molecule has 0 aliphatic carbocycles. The highest BCUT2D eigenvalue weighted by Crippen LogP contribution is 2.48. The molecule has 0 saturated carbocycles. The van der Waals surface area contributed by atoms with Crippen molar-refractivity contribution in [3.05, 3.63) is 38.1 Å². The van der Waals surface area contributed by atoms with E-state index in [0.29, 0.717) is 18.8 Å². The smallest absolute Gasteiger partial charge is 0.311 e. The number of hydrogen-bond acceptors (Lipinski definition) is 5. The van der Waals surface area contributed by atoms with E-state index in [1.165, 1.54) is 13.2 Å². The monoisotopic (exact) mass is 291 g/mol. The summed E-state index contributed by atoms with van der Waals surface area (Å²) in [7, 11) is 1.47. The van der Waals surface area contributed by atoms with Crippen LogP contribution in [0.1, 0.15) is 10.4 Å². The molecular weight excluding hydrogens is 278 g/mol. The Labute approximate surface area is 119 Å². The first-order chi connectivity index (χ1) is 9.63. The van der Waals surface area contributed by atoms with Crippen LogP contribution in [-0.2, 0) is 6.42 Å². The Balaban J connectivity index is 2.34. The number of nitro groups is 1. The topological polar surface area (TPSA) is 61.6 Å². The second kappa shape index (κ2) is 4.79. The lowest BCUT2D eigenvalue weighted by molar-refractivity contribution is -0.385. The third-order valence-corrected chi connectivity index (χ3v) is 4.32. The fourth-order valence-electron chi connectivity index (χ4n) is 2.53. The molecule has 0 fully saturated rings. The normalized spacial score (nSPS) is 12.9. The van der Waals surface area contributed by atoms with E-state index in [4.69, 9.17) is 9.47 Å². The van der Waals surface area contributed by atoms with Gasteiger partial charge >= 0.3 is 5.69 Å². The van der Waals surface area contributed by atoms with Gasteiger partial charge in [-0.15, -0.1) is 11.3 Å². The van der Waals surface area contributed by atoms with Crippen molar-refractivity contribution in [2.24, 2.45) is 0 Å². The molecule has 0 saturated heterocycles. The van der Waals surface area contributed by atoms with Gasteiger partial charge in [0.15, 0.2) is 0 Å². The maximum atomic E-state index is 11.2. The van der Waals surface area contributed by atoms with Crippen molar-refractivity contribution in [3.8, 4) is 22.6 Å². The van der Waals surface area contributed by atoms with Crippen molar-refractivity contribution in [1.82, 2.24) is 0 Å². The molecule has 1 aliphatic rings. The van der Waals surface area contributed by atoms with E-state index < -0.39 is 4.92 Å². The van der Waals surface area contributed by atoms with Gasteiger partial charge in [-0.25, -0.2) is 0 Å². The Morgan fingerprint density at radius 3 is 2.95 bits per heavy atom. The van der Waals surface area contributed by atoms with Crippen LogP contribution in [0.3, 0.4) is 0 Å². The van der Waals surface area contributed by atoms with Crippen LogP contribution >= 0.6 is 11.3 Å². The van der Waals surface area contributed by atoms with Gasteiger partial charge in [-0.1, -0.05) is 6.07 Å². The molecule has 0 N–H and O–H groups in total. The maximum absolute atomic E-state index is 11.2. The zero-order valence-corrected chi connectivity index (χ0v) is 12.0. The molecule has 0 radical (unpaired) electrons. The van der Waals surface area contributed by atoms with Crippen LogP contribution in [0.25, 0.3) is 11.1 Å². The number of rotatable bonds is 2. The van der Waals surface area contributed by atoms with Gasteiger partial charge in [-0.05, 0) is 12.5 Å². The van der Waals surface area contributed by atoms with Crippen molar-refractivity contribution >= 4 is 17.0 Å². The minimum absolute atomic E-state index is 0.0112. The summed E-state index contributed by atoms with van der Waals surface area (Å²) in [5.41, 5.74) is 2.69. The van der Waals surface area contributed by atoms with Crippen molar-refractivity contribution < 1.29 is 14.4 Å². The third kappa shape index (κ3) is 1.84. The quantitative estimate of drug-likeness (QED) is 0.627. The fourth-order valence-corrected chi connectivity index (χ4v) is 3.32. The molecule has 1 aromatic carbocycles. The second-order valence-electron chi connectivity index (χ2n) is 4.54. The van der Waals surface area contributed by atoms with Crippen molar-refractivity contribution in [2.75, 3.05) is 13.7 Å². The number of nitrogens with zero attached hydrogens (tertiary/aromatic N) is 1. The second-order valence-corrected chi connectivity index (χ2v) is 5.63. The number of hydrogen-bond donors (Lipinski definition) is 0. The number of fused-ring (bicyclic) bond motifs is 3. The predicted molar refractivity (Wildman–Crippen MR) is 76.9 cm³/mol.